The van der Waals surface area contributed by atoms with E-state index in [1.54, 1.807) is 13.1 Å². The van der Waals surface area contributed by atoms with Crippen molar-refractivity contribution in [1.29, 1.82) is 0 Å². The van der Waals surface area contributed by atoms with Crippen LogP contribution in [0.2, 0.25) is 0 Å². The highest BCUT2D eigenvalue weighted by Crippen LogP contribution is 2.21. The number of rotatable bonds is 6. The van der Waals surface area contributed by atoms with E-state index >= 15 is 0 Å². The lowest BCUT2D eigenvalue weighted by atomic mass is 10.1. The number of aryl methyl sites for hydroxylation is 2. The fraction of sp³-hybridized carbons (Fsp3) is 0.412. The molecule has 0 saturated heterocycles. The van der Waals surface area contributed by atoms with E-state index in [-0.39, 0.29) is 18.4 Å². The van der Waals surface area contributed by atoms with Crippen molar-refractivity contribution in [2.45, 2.75) is 40.2 Å². The molecule has 1 N–H and O–H groups in total. The molecule has 6 nitrogen and oxygen atoms in total. The summed E-state index contributed by atoms with van der Waals surface area (Å²) in [6.45, 7) is 7.99. The van der Waals surface area contributed by atoms with E-state index in [0.717, 1.165) is 22.6 Å². The molecule has 1 atom stereocenters. The third kappa shape index (κ3) is 4.74. The zero-order chi connectivity index (χ0) is 16.8. The average molecular weight is 314 g/mol. The molecule has 122 valence electrons. The molecular formula is C17H22N4O2. The maximum absolute atomic E-state index is 11.5. The predicted octanol–water partition coefficient (Wildman–Crippen LogP) is 2.91. The first-order chi connectivity index (χ1) is 11.0. The molecule has 0 saturated carbocycles. The van der Waals surface area contributed by atoms with E-state index in [4.69, 9.17) is 4.74 Å². The molecule has 6 heteroatoms. The molecule has 0 aromatic carbocycles. The molecular weight excluding hydrogens is 292 g/mol. The first kappa shape index (κ1) is 16.9. The van der Waals surface area contributed by atoms with Crippen molar-refractivity contribution in [3.05, 3.63) is 35.8 Å². The van der Waals surface area contributed by atoms with Gasteiger partial charge in [-0.2, -0.15) is 0 Å². The van der Waals surface area contributed by atoms with Gasteiger partial charge in [-0.15, -0.1) is 0 Å². The summed E-state index contributed by atoms with van der Waals surface area (Å²) in [6.07, 6.45) is 1.97. The summed E-state index contributed by atoms with van der Waals surface area (Å²) in [4.78, 5) is 24.7. The van der Waals surface area contributed by atoms with Crippen LogP contribution in [-0.2, 0) is 9.53 Å². The highest BCUT2D eigenvalue weighted by atomic mass is 16.5. The van der Waals surface area contributed by atoms with E-state index in [9.17, 15) is 4.79 Å². The number of esters is 1. The van der Waals surface area contributed by atoms with Crippen LogP contribution in [0.25, 0.3) is 11.3 Å². The first-order valence-electron chi connectivity index (χ1n) is 7.69. The Kier molecular flexibility index (Phi) is 5.62. The molecule has 2 aromatic rings. The monoisotopic (exact) mass is 314 g/mol. The van der Waals surface area contributed by atoms with Crippen molar-refractivity contribution in [1.82, 2.24) is 15.0 Å². The van der Waals surface area contributed by atoms with E-state index < -0.39 is 0 Å². The van der Waals surface area contributed by atoms with Crippen LogP contribution >= 0.6 is 0 Å². The number of carbonyl (C=O) groups excluding carboxylic acids is 1. The van der Waals surface area contributed by atoms with Gasteiger partial charge in [0.1, 0.15) is 0 Å². The SMILES string of the molecule is CCOC(=O)C[C@H](C)Nc1nccc(-c2ccc(C)nc2C)n1. The maximum atomic E-state index is 11.5. The van der Waals surface area contributed by atoms with Crippen molar-refractivity contribution in [3.63, 3.8) is 0 Å². The molecule has 23 heavy (non-hydrogen) atoms. The highest BCUT2D eigenvalue weighted by molar-refractivity contribution is 5.70. The molecule has 0 aliphatic rings. The van der Waals surface area contributed by atoms with Gasteiger partial charge in [-0.05, 0) is 45.9 Å². The van der Waals surface area contributed by atoms with Crippen LogP contribution < -0.4 is 5.32 Å². The lowest BCUT2D eigenvalue weighted by Crippen LogP contribution is -2.22. The number of anilines is 1. The molecule has 0 amide bonds. The Bertz CT molecular complexity index is 688. The lowest BCUT2D eigenvalue weighted by molar-refractivity contribution is -0.143. The minimum Gasteiger partial charge on any atom is -0.466 e. The fourth-order valence-electron chi connectivity index (χ4n) is 2.28. The molecule has 0 spiro atoms. The van der Waals surface area contributed by atoms with Crippen molar-refractivity contribution < 1.29 is 9.53 Å². The topological polar surface area (TPSA) is 77.0 Å². The van der Waals surface area contributed by atoms with E-state index in [1.807, 2.05) is 39.0 Å². The van der Waals surface area contributed by atoms with Crippen molar-refractivity contribution >= 4 is 11.9 Å². The van der Waals surface area contributed by atoms with E-state index in [0.29, 0.717) is 12.6 Å². The van der Waals surface area contributed by atoms with Gasteiger partial charge in [0.2, 0.25) is 5.95 Å². The maximum Gasteiger partial charge on any atom is 0.307 e. The van der Waals surface area contributed by atoms with Crippen LogP contribution in [0.5, 0.6) is 0 Å². The lowest BCUT2D eigenvalue weighted by Gasteiger charge is -2.13. The number of pyridine rings is 1. The molecule has 0 aliphatic heterocycles. The summed E-state index contributed by atoms with van der Waals surface area (Å²) in [6, 6.07) is 5.70. The van der Waals surface area contributed by atoms with Gasteiger partial charge in [-0.25, -0.2) is 9.97 Å². The number of nitrogens with zero attached hydrogens (tertiary/aromatic N) is 3. The van der Waals surface area contributed by atoms with Crippen LogP contribution in [-0.4, -0.2) is 33.6 Å². The minimum atomic E-state index is -0.234. The Labute approximate surface area is 136 Å². The quantitative estimate of drug-likeness (QED) is 0.826. The third-order valence-electron chi connectivity index (χ3n) is 3.31. The Morgan fingerprint density at radius 2 is 2.04 bits per heavy atom. The standard InChI is InChI=1S/C17H22N4O2/c1-5-23-16(22)10-12(3)20-17-18-9-8-15(21-17)14-7-6-11(2)19-13(14)4/h6-9,12H,5,10H2,1-4H3,(H,18,20,21)/t12-/m0/s1. The summed E-state index contributed by atoms with van der Waals surface area (Å²) in [7, 11) is 0. The van der Waals surface area contributed by atoms with Crippen LogP contribution in [0.1, 0.15) is 31.7 Å². The predicted molar refractivity (Wildman–Crippen MR) is 89.1 cm³/mol. The molecule has 2 aromatic heterocycles. The Morgan fingerprint density at radius 1 is 1.26 bits per heavy atom. The van der Waals surface area contributed by atoms with E-state index in [1.165, 1.54) is 0 Å². The van der Waals surface area contributed by atoms with Gasteiger partial charge < -0.3 is 10.1 Å². The zero-order valence-corrected chi connectivity index (χ0v) is 14.0. The first-order valence-corrected chi connectivity index (χ1v) is 7.69. The number of nitrogens with one attached hydrogen (secondary N) is 1. The highest BCUT2D eigenvalue weighted by Gasteiger charge is 2.12. The minimum absolute atomic E-state index is 0.110. The Hall–Kier alpha value is -2.50. The average Bonchev–Trinajstić information content (AvgIpc) is 2.47. The second-order valence-electron chi connectivity index (χ2n) is 5.41. The van der Waals surface area contributed by atoms with Crippen molar-refractivity contribution in [3.8, 4) is 11.3 Å². The molecule has 2 heterocycles. The zero-order valence-electron chi connectivity index (χ0n) is 14.0. The molecule has 0 unspecified atom stereocenters. The summed E-state index contributed by atoms with van der Waals surface area (Å²) in [5.41, 5.74) is 3.67. The third-order valence-corrected chi connectivity index (χ3v) is 3.31. The molecule has 0 bridgehead atoms. The number of ether oxygens (including phenoxy) is 1. The van der Waals surface area contributed by atoms with Gasteiger partial charge in [-0.3, -0.25) is 9.78 Å². The largest absolute Gasteiger partial charge is 0.466 e. The Balaban J connectivity index is 2.12. The number of hydrogen-bond acceptors (Lipinski definition) is 6. The van der Waals surface area contributed by atoms with Gasteiger partial charge in [-0.1, -0.05) is 0 Å². The summed E-state index contributed by atoms with van der Waals surface area (Å²) in [5.74, 6) is 0.251. The van der Waals surface area contributed by atoms with Gasteiger partial charge in [0.15, 0.2) is 0 Å². The van der Waals surface area contributed by atoms with Gasteiger partial charge in [0.25, 0.3) is 0 Å². The molecule has 0 radical (unpaired) electrons. The van der Waals surface area contributed by atoms with Crippen molar-refractivity contribution in [2.24, 2.45) is 0 Å². The summed E-state index contributed by atoms with van der Waals surface area (Å²) < 4.78 is 4.94. The number of aromatic nitrogens is 3. The van der Waals surface area contributed by atoms with E-state index in [2.05, 4.69) is 20.3 Å². The number of carbonyl (C=O) groups is 1. The van der Waals surface area contributed by atoms with Crippen LogP contribution in [0, 0.1) is 13.8 Å². The van der Waals surface area contributed by atoms with Crippen LogP contribution in [0.3, 0.4) is 0 Å². The fourth-order valence-corrected chi connectivity index (χ4v) is 2.28. The van der Waals surface area contributed by atoms with Crippen LogP contribution in [0.15, 0.2) is 24.4 Å². The van der Waals surface area contributed by atoms with Gasteiger partial charge in [0, 0.05) is 29.2 Å². The van der Waals surface area contributed by atoms with Gasteiger partial charge in [0.05, 0.1) is 18.7 Å². The second kappa shape index (κ2) is 7.67. The number of hydrogen-bond donors (Lipinski definition) is 1. The second-order valence-corrected chi connectivity index (χ2v) is 5.41. The van der Waals surface area contributed by atoms with Crippen molar-refractivity contribution in [2.75, 3.05) is 11.9 Å². The summed E-state index contributed by atoms with van der Waals surface area (Å²) >= 11 is 0. The van der Waals surface area contributed by atoms with Crippen LogP contribution in [0.4, 0.5) is 5.95 Å². The molecule has 0 aliphatic carbocycles. The molecule has 2 rings (SSSR count). The normalized spacial score (nSPS) is 11.8. The Morgan fingerprint density at radius 3 is 2.74 bits per heavy atom. The molecule has 0 fully saturated rings. The van der Waals surface area contributed by atoms with Gasteiger partial charge >= 0.3 is 5.97 Å². The summed E-state index contributed by atoms with van der Waals surface area (Å²) in [5, 5.41) is 3.13. The smallest absolute Gasteiger partial charge is 0.307 e.